The van der Waals surface area contributed by atoms with Crippen molar-refractivity contribution in [3.05, 3.63) is 52.9 Å². The third kappa shape index (κ3) is 2.82. The molecule has 7 heteroatoms. The summed E-state index contributed by atoms with van der Waals surface area (Å²) in [7, 11) is 1.44. The van der Waals surface area contributed by atoms with Crippen LogP contribution in [-0.2, 0) is 6.54 Å². The predicted octanol–water partition coefficient (Wildman–Crippen LogP) is 3.25. The molecule has 2 aromatic heterocycles. The lowest BCUT2D eigenvalue weighted by Gasteiger charge is -2.08. The van der Waals surface area contributed by atoms with E-state index in [1.165, 1.54) is 13.2 Å². The van der Waals surface area contributed by atoms with Gasteiger partial charge in [-0.25, -0.2) is 14.4 Å². The highest BCUT2D eigenvalue weighted by Crippen LogP contribution is 2.22. The number of halogens is 2. The van der Waals surface area contributed by atoms with Gasteiger partial charge >= 0.3 is 0 Å². The van der Waals surface area contributed by atoms with Gasteiger partial charge in [-0.2, -0.15) is 0 Å². The van der Waals surface area contributed by atoms with Crippen LogP contribution in [0.3, 0.4) is 0 Å². The smallest absolute Gasteiger partial charge is 0.165 e. The first-order valence-electron chi connectivity index (χ1n) is 6.22. The Morgan fingerprint density at radius 2 is 2.19 bits per heavy atom. The fraction of sp³-hybridized carbons (Fsp3) is 0.143. The summed E-state index contributed by atoms with van der Waals surface area (Å²) < 4.78 is 21.0. The molecule has 0 aliphatic rings. The second-order valence-corrected chi connectivity index (χ2v) is 5.20. The van der Waals surface area contributed by atoms with Gasteiger partial charge in [0.25, 0.3) is 0 Å². The van der Waals surface area contributed by atoms with E-state index in [1.54, 1.807) is 24.5 Å². The molecular formula is C14H12BrFN4O. The zero-order valence-electron chi connectivity index (χ0n) is 11.2. The molecule has 21 heavy (non-hydrogen) atoms. The molecule has 2 heterocycles. The lowest BCUT2D eigenvalue weighted by atomic mass is 10.3. The van der Waals surface area contributed by atoms with Crippen molar-refractivity contribution in [2.24, 2.45) is 0 Å². The summed E-state index contributed by atoms with van der Waals surface area (Å²) >= 11 is 3.34. The summed E-state index contributed by atoms with van der Waals surface area (Å²) in [6.07, 6.45) is 5.32. The summed E-state index contributed by atoms with van der Waals surface area (Å²) in [5, 5.41) is 3.22. The van der Waals surface area contributed by atoms with E-state index in [-0.39, 0.29) is 11.6 Å². The van der Waals surface area contributed by atoms with Crippen molar-refractivity contribution in [1.82, 2.24) is 14.4 Å². The standard InChI is InChI=1S/C14H12BrFN4O/c1-21-12-4-9(2-3-11(12)16)17-5-10-6-19-14-7-18-13(15)8-20(10)14/h2-4,6-8,17H,5H2,1H3. The fourth-order valence-corrected chi connectivity index (χ4v) is 2.32. The van der Waals surface area contributed by atoms with Crippen molar-refractivity contribution in [2.75, 3.05) is 12.4 Å². The minimum absolute atomic E-state index is 0.213. The van der Waals surface area contributed by atoms with Crippen LogP contribution < -0.4 is 10.1 Å². The third-order valence-corrected chi connectivity index (χ3v) is 3.48. The molecule has 0 aliphatic carbocycles. The van der Waals surface area contributed by atoms with Gasteiger partial charge < -0.3 is 10.1 Å². The van der Waals surface area contributed by atoms with Crippen molar-refractivity contribution in [3.63, 3.8) is 0 Å². The molecule has 0 unspecified atom stereocenters. The summed E-state index contributed by atoms with van der Waals surface area (Å²) in [6.45, 7) is 0.548. The van der Waals surface area contributed by atoms with Crippen molar-refractivity contribution >= 4 is 27.3 Å². The third-order valence-electron chi connectivity index (χ3n) is 3.07. The Balaban J connectivity index is 1.81. The summed E-state index contributed by atoms with van der Waals surface area (Å²) in [5.74, 6) is -0.169. The highest BCUT2D eigenvalue weighted by atomic mass is 79.9. The number of anilines is 1. The van der Waals surface area contributed by atoms with Crippen LogP contribution in [0.4, 0.5) is 10.1 Å². The minimum Gasteiger partial charge on any atom is -0.494 e. The van der Waals surface area contributed by atoms with Gasteiger partial charge in [0.15, 0.2) is 17.2 Å². The van der Waals surface area contributed by atoms with Gasteiger partial charge in [-0.05, 0) is 28.1 Å². The molecule has 108 valence electrons. The Bertz CT molecular complexity index is 790. The Kier molecular flexibility index (Phi) is 3.74. The van der Waals surface area contributed by atoms with Crippen LogP contribution in [0.15, 0.2) is 41.4 Å². The number of hydrogen-bond acceptors (Lipinski definition) is 4. The zero-order chi connectivity index (χ0) is 14.8. The molecule has 0 saturated heterocycles. The molecule has 3 aromatic rings. The SMILES string of the molecule is COc1cc(NCc2cnc3cnc(Br)cn23)ccc1F. The summed E-state index contributed by atoms with van der Waals surface area (Å²) in [4.78, 5) is 8.40. The molecule has 1 N–H and O–H groups in total. The number of nitrogens with one attached hydrogen (secondary N) is 1. The molecule has 0 bridgehead atoms. The molecular weight excluding hydrogens is 339 g/mol. The van der Waals surface area contributed by atoms with Crippen LogP contribution in [0.5, 0.6) is 5.75 Å². The predicted molar refractivity (Wildman–Crippen MR) is 81.0 cm³/mol. The number of nitrogens with zero attached hydrogens (tertiary/aromatic N) is 3. The molecule has 0 atom stereocenters. The topological polar surface area (TPSA) is 51.5 Å². The summed E-state index contributed by atoms with van der Waals surface area (Å²) in [5.41, 5.74) is 2.51. The van der Waals surface area contributed by atoms with Gasteiger partial charge in [0, 0.05) is 18.0 Å². The molecule has 0 fully saturated rings. The number of imidazole rings is 1. The van der Waals surface area contributed by atoms with Gasteiger partial charge in [-0.15, -0.1) is 0 Å². The molecule has 0 aliphatic heterocycles. The number of benzene rings is 1. The van der Waals surface area contributed by atoms with Crippen molar-refractivity contribution in [2.45, 2.75) is 6.54 Å². The molecule has 3 rings (SSSR count). The van der Waals surface area contributed by atoms with E-state index in [9.17, 15) is 4.39 Å². The van der Waals surface area contributed by atoms with Gasteiger partial charge in [-0.1, -0.05) is 0 Å². The van der Waals surface area contributed by atoms with Crippen molar-refractivity contribution < 1.29 is 9.13 Å². The lowest BCUT2D eigenvalue weighted by Crippen LogP contribution is -2.03. The minimum atomic E-state index is -0.382. The quantitative estimate of drug-likeness (QED) is 0.784. The largest absolute Gasteiger partial charge is 0.494 e. The normalized spacial score (nSPS) is 10.8. The Hall–Kier alpha value is -2.15. The van der Waals surface area contributed by atoms with E-state index in [0.29, 0.717) is 6.54 Å². The average molecular weight is 351 g/mol. The van der Waals surface area contributed by atoms with Gasteiger partial charge in [0.1, 0.15) is 4.60 Å². The molecule has 5 nitrogen and oxygen atoms in total. The van der Waals surface area contributed by atoms with Gasteiger partial charge in [0.2, 0.25) is 0 Å². The van der Waals surface area contributed by atoms with Crippen LogP contribution in [0.2, 0.25) is 0 Å². The number of methoxy groups -OCH3 is 1. The summed E-state index contributed by atoms with van der Waals surface area (Å²) in [6, 6.07) is 4.66. The molecule has 0 amide bonds. The molecule has 0 saturated carbocycles. The molecule has 0 radical (unpaired) electrons. The first-order valence-corrected chi connectivity index (χ1v) is 7.01. The Morgan fingerprint density at radius 1 is 1.33 bits per heavy atom. The maximum Gasteiger partial charge on any atom is 0.165 e. The van der Waals surface area contributed by atoms with E-state index < -0.39 is 0 Å². The van der Waals surface area contributed by atoms with E-state index in [0.717, 1.165) is 21.6 Å². The number of ether oxygens (including phenoxy) is 1. The molecule has 1 aromatic carbocycles. The van der Waals surface area contributed by atoms with Crippen LogP contribution in [0.25, 0.3) is 5.65 Å². The second-order valence-electron chi connectivity index (χ2n) is 4.39. The first-order chi connectivity index (χ1) is 10.2. The van der Waals surface area contributed by atoms with Crippen LogP contribution in [-0.4, -0.2) is 21.5 Å². The van der Waals surface area contributed by atoms with Crippen LogP contribution in [0.1, 0.15) is 5.69 Å². The number of rotatable bonds is 4. The van der Waals surface area contributed by atoms with E-state index in [2.05, 4.69) is 31.2 Å². The Morgan fingerprint density at radius 3 is 3.00 bits per heavy atom. The monoisotopic (exact) mass is 350 g/mol. The Labute approximate surface area is 128 Å². The first kappa shape index (κ1) is 13.8. The number of aromatic nitrogens is 3. The van der Waals surface area contributed by atoms with Gasteiger partial charge in [-0.3, -0.25) is 4.40 Å². The molecule has 0 spiro atoms. The van der Waals surface area contributed by atoms with Crippen LogP contribution >= 0.6 is 15.9 Å². The highest BCUT2D eigenvalue weighted by molar-refractivity contribution is 9.10. The maximum absolute atomic E-state index is 13.4. The van der Waals surface area contributed by atoms with Crippen molar-refractivity contribution in [1.29, 1.82) is 0 Å². The van der Waals surface area contributed by atoms with E-state index in [4.69, 9.17) is 4.74 Å². The van der Waals surface area contributed by atoms with E-state index >= 15 is 0 Å². The maximum atomic E-state index is 13.4. The zero-order valence-corrected chi connectivity index (χ0v) is 12.8. The van der Waals surface area contributed by atoms with Crippen LogP contribution in [0, 0.1) is 5.82 Å². The fourth-order valence-electron chi connectivity index (χ4n) is 2.01. The van der Waals surface area contributed by atoms with E-state index in [1.807, 2.05) is 10.6 Å². The number of fused-ring (bicyclic) bond motifs is 1. The van der Waals surface area contributed by atoms with Crippen molar-refractivity contribution in [3.8, 4) is 5.75 Å². The van der Waals surface area contributed by atoms with Gasteiger partial charge in [0.05, 0.1) is 31.7 Å². The number of hydrogen-bond donors (Lipinski definition) is 1. The second kappa shape index (κ2) is 5.69. The lowest BCUT2D eigenvalue weighted by molar-refractivity contribution is 0.387. The highest BCUT2D eigenvalue weighted by Gasteiger charge is 2.06. The average Bonchev–Trinajstić information content (AvgIpc) is 2.88.